The summed E-state index contributed by atoms with van der Waals surface area (Å²) in [4.78, 5) is 26.7. The van der Waals surface area contributed by atoms with Crippen LogP contribution < -0.4 is 10.6 Å². The Bertz CT molecular complexity index is 584. The lowest BCUT2D eigenvalue weighted by atomic mass is 10.1. The van der Waals surface area contributed by atoms with Gasteiger partial charge in [0.25, 0.3) is 0 Å². The van der Waals surface area contributed by atoms with Gasteiger partial charge >= 0.3 is 0 Å². The summed E-state index contributed by atoms with van der Waals surface area (Å²) in [5.74, 6) is -0.201. The molecular weight excluding hydrogens is 314 g/mol. The smallest absolute Gasteiger partial charge is 0.228 e. The first-order valence-corrected chi connectivity index (χ1v) is 9.16. The van der Waals surface area contributed by atoms with Gasteiger partial charge < -0.3 is 15.5 Å². The largest absolute Gasteiger partial charge is 0.324 e. The van der Waals surface area contributed by atoms with Gasteiger partial charge in [-0.25, -0.2) is 0 Å². The third kappa shape index (κ3) is 7.26. The fraction of sp³-hybridized carbons (Fsp3) is 0.600. The molecule has 1 atom stereocenters. The number of carbonyl (C=O) groups is 2. The van der Waals surface area contributed by atoms with Crippen molar-refractivity contribution in [1.29, 1.82) is 0 Å². The van der Waals surface area contributed by atoms with E-state index in [1.165, 1.54) is 0 Å². The average molecular weight is 348 g/mol. The van der Waals surface area contributed by atoms with Crippen LogP contribution in [0.5, 0.6) is 0 Å². The number of carbonyl (C=O) groups excluding carboxylic acids is 2. The van der Waals surface area contributed by atoms with Crippen LogP contribution in [0.15, 0.2) is 18.2 Å². The van der Waals surface area contributed by atoms with Gasteiger partial charge in [-0.05, 0) is 51.9 Å². The maximum atomic E-state index is 12.5. The predicted molar refractivity (Wildman–Crippen MR) is 105 cm³/mol. The van der Waals surface area contributed by atoms with Crippen LogP contribution >= 0.6 is 0 Å². The van der Waals surface area contributed by atoms with Crippen molar-refractivity contribution in [3.8, 4) is 0 Å². The molecule has 0 aliphatic heterocycles. The number of nitrogens with zero attached hydrogens (tertiary/aromatic N) is 1. The van der Waals surface area contributed by atoms with Crippen LogP contribution in [0.1, 0.15) is 52.5 Å². The first-order chi connectivity index (χ1) is 11.7. The average Bonchev–Trinajstić information content (AvgIpc) is 2.55. The van der Waals surface area contributed by atoms with E-state index in [0.29, 0.717) is 30.4 Å². The second kappa shape index (κ2) is 10.2. The third-order valence-electron chi connectivity index (χ3n) is 4.36. The highest BCUT2D eigenvalue weighted by molar-refractivity contribution is 6.00. The van der Waals surface area contributed by atoms with Crippen LogP contribution in [0.25, 0.3) is 0 Å². The molecule has 0 aliphatic carbocycles. The van der Waals surface area contributed by atoms with Gasteiger partial charge in [0.2, 0.25) is 11.8 Å². The maximum absolute atomic E-state index is 12.5. The normalized spacial score (nSPS) is 12.3. The molecule has 0 bridgehead atoms. The molecule has 0 fully saturated rings. The molecule has 0 aliphatic rings. The molecule has 0 aromatic heterocycles. The zero-order valence-electron chi connectivity index (χ0n) is 16.5. The second-order valence-corrected chi connectivity index (χ2v) is 7.12. The zero-order valence-corrected chi connectivity index (χ0v) is 16.5. The van der Waals surface area contributed by atoms with Gasteiger partial charge in [-0.2, -0.15) is 0 Å². The number of anilines is 2. The van der Waals surface area contributed by atoms with Crippen LogP contribution in [0.4, 0.5) is 11.4 Å². The molecule has 1 unspecified atom stereocenters. The van der Waals surface area contributed by atoms with Crippen LogP contribution in [-0.2, 0) is 9.59 Å². The minimum absolute atomic E-state index is 0.0196. The molecule has 140 valence electrons. The highest BCUT2D eigenvalue weighted by Gasteiger charge is 2.18. The Kier molecular flexibility index (Phi) is 8.62. The molecule has 1 rings (SSSR count). The molecule has 0 radical (unpaired) electrons. The van der Waals surface area contributed by atoms with Gasteiger partial charge in [0.15, 0.2) is 0 Å². The number of nitrogens with one attached hydrogen (secondary N) is 2. The summed E-state index contributed by atoms with van der Waals surface area (Å²) in [6, 6.07) is 6.06. The van der Waals surface area contributed by atoms with Gasteiger partial charge in [-0.1, -0.05) is 26.3 Å². The molecule has 0 spiro atoms. The van der Waals surface area contributed by atoms with Crippen LogP contribution in [0.2, 0.25) is 0 Å². The number of amides is 2. The molecular formula is C20H33N3O2. The molecule has 25 heavy (non-hydrogen) atoms. The molecule has 5 heteroatoms. The van der Waals surface area contributed by atoms with Gasteiger partial charge in [-0.15, -0.1) is 0 Å². The van der Waals surface area contributed by atoms with Crippen molar-refractivity contribution in [2.45, 2.75) is 59.9 Å². The van der Waals surface area contributed by atoms with E-state index in [2.05, 4.69) is 36.3 Å². The van der Waals surface area contributed by atoms with E-state index in [0.717, 1.165) is 18.4 Å². The van der Waals surface area contributed by atoms with E-state index >= 15 is 0 Å². The molecule has 1 aromatic rings. The summed E-state index contributed by atoms with van der Waals surface area (Å²) >= 11 is 0. The lowest BCUT2D eigenvalue weighted by Crippen LogP contribution is -2.35. The molecule has 0 saturated heterocycles. The second-order valence-electron chi connectivity index (χ2n) is 7.12. The van der Waals surface area contributed by atoms with Gasteiger partial charge in [0.05, 0.1) is 11.4 Å². The quantitative estimate of drug-likeness (QED) is 0.709. The lowest BCUT2D eigenvalue weighted by Gasteiger charge is -2.24. The predicted octanol–water partition coefficient (Wildman–Crippen LogP) is 4.04. The number of hydrogen-bond donors (Lipinski definition) is 2. The van der Waals surface area contributed by atoms with E-state index in [1.54, 1.807) is 0 Å². The van der Waals surface area contributed by atoms with E-state index < -0.39 is 0 Å². The molecule has 2 amide bonds. The Balaban J connectivity index is 2.80. The maximum Gasteiger partial charge on any atom is 0.228 e. The fourth-order valence-electron chi connectivity index (χ4n) is 2.40. The van der Waals surface area contributed by atoms with Crippen LogP contribution in [0, 0.1) is 12.8 Å². The number of hydrogen-bond acceptors (Lipinski definition) is 3. The first-order valence-electron chi connectivity index (χ1n) is 9.16. The highest BCUT2D eigenvalue weighted by Crippen LogP contribution is 2.24. The van der Waals surface area contributed by atoms with Gasteiger partial charge in [0.1, 0.15) is 0 Å². The Morgan fingerprint density at radius 2 is 1.80 bits per heavy atom. The number of unbranched alkanes of at least 4 members (excludes halogenated alkanes) is 1. The van der Waals surface area contributed by atoms with Crippen molar-refractivity contribution in [3.05, 3.63) is 23.8 Å². The summed E-state index contributed by atoms with van der Waals surface area (Å²) in [5, 5.41) is 5.89. The van der Waals surface area contributed by atoms with Crippen molar-refractivity contribution in [2.75, 3.05) is 24.2 Å². The van der Waals surface area contributed by atoms with E-state index in [9.17, 15) is 9.59 Å². The van der Waals surface area contributed by atoms with Gasteiger partial charge in [0, 0.05) is 24.9 Å². The van der Waals surface area contributed by atoms with E-state index in [4.69, 9.17) is 0 Å². The van der Waals surface area contributed by atoms with Gasteiger partial charge in [-0.3, -0.25) is 9.59 Å². The number of benzene rings is 1. The summed E-state index contributed by atoms with van der Waals surface area (Å²) in [6.07, 6.45) is 2.33. The van der Waals surface area contributed by atoms with Crippen molar-refractivity contribution in [1.82, 2.24) is 4.90 Å². The third-order valence-corrected chi connectivity index (χ3v) is 4.36. The fourth-order valence-corrected chi connectivity index (χ4v) is 2.40. The Morgan fingerprint density at radius 3 is 2.40 bits per heavy atom. The van der Waals surface area contributed by atoms with E-state index in [-0.39, 0.29) is 17.7 Å². The molecule has 2 N–H and O–H groups in total. The first kappa shape index (κ1) is 21.2. The summed E-state index contributed by atoms with van der Waals surface area (Å²) < 4.78 is 0. The van der Waals surface area contributed by atoms with Crippen LogP contribution in [0.3, 0.4) is 0 Å². The Labute approximate surface area is 152 Å². The molecule has 0 heterocycles. The minimum Gasteiger partial charge on any atom is -0.324 e. The van der Waals surface area contributed by atoms with Crippen molar-refractivity contribution >= 4 is 23.2 Å². The SMILES string of the molecule is CCCCC(=O)Nc1ccc(C)cc1NC(=O)C(C)CN(C)C(C)C. The van der Waals surface area contributed by atoms with Crippen molar-refractivity contribution < 1.29 is 9.59 Å². The Morgan fingerprint density at radius 1 is 1.12 bits per heavy atom. The van der Waals surface area contributed by atoms with E-state index in [1.807, 2.05) is 39.1 Å². The Hall–Kier alpha value is -1.88. The topological polar surface area (TPSA) is 61.4 Å². The standard InChI is InChI=1S/C20H33N3O2/c1-7-8-9-19(24)21-17-11-10-15(4)12-18(17)22-20(25)16(5)13-23(6)14(2)3/h10-12,14,16H,7-9,13H2,1-6H3,(H,21,24)(H,22,25). The molecule has 0 saturated carbocycles. The summed E-state index contributed by atoms with van der Waals surface area (Å²) in [6.45, 7) is 10.8. The number of rotatable bonds is 9. The van der Waals surface area contributed by atoms with Crippen LogP contribution in [-0.4, -0.2) is 36.3 Å². The molecule has 1 aromatic carbocycles. The highest BCUT2D eigenvalue weighted by atomic mass is 16.2. The monoisotopic (exact) mass is 347 g/mol. The lowest BCUT2D eigenvalue weighted by molar-refractivity contribution is -0.120. The molecule has 5 nitrogen and oxygen atoms in total. The summed E-state index contributed by atoms with van der Waals surface area (Å²) in [5.41, 5.74) is 2.35. The minimum atomic E-state index is -0.142. The summed E-state index contributed by atoms with van der Waals surface area (Å²) in [7, 11) is 2.01. The zero-order chi connectivity index (χ0) is 19.0. The number of aryl methyl sites for hydroxylation is 1. The van der Waals surface area contributed by atoms with Crippen molar-refractivity contribution in [2.24, 2.45) is 5.92 Å². The van der Waals surface area contributed by atoms with Crippen molar-refractivity contribution in [3.63, 3.8) is 0 Å².